The molecular formula is C8H5Cl2N3O. The number of hydrogen-bond acceptors (Lipinski definition) is 4. The highest BCUT2D eigenvalue weighted by atomic mass is 35.5. The van der Waals surface area contributed by atoms with E-state index in [9.17, 15) is 0 Å². The molecule has 72 valence electrons. The molecule has 2 aromatic rings. The maximum atomic E-state index is 5.73. The minimum atomic E-state index is 0.122. The van der Waals surface area contributed by atoms with Crippen LogP contribution in [0.3, 0.4) is 0 Å². The van der Waals surface area contributed by atoms with Crippen LogP contribution in [0, 0.1) is 0 Å². The van der Waals surface area contributed by atoms with Crippen LogP contribution in [0.1, 0.15) is 0 Å². The van der Waals surface area contributed by atoms with Crippen LogP contribution in [-0.4, -0.2) is 9.97 Å². The van der Waals surface area contributed by atoms with Crippen molar-refractivity contribution in [3.63, 3.8) is 0 Å². The highest BCUT2D eigenvalue weighted by Crippen LogP contribution is 2.27. The number of halogens is 2. The first-order valence-electron chi connectivity index (χ1n) is 3.71. The van der Waals surface area contributed by atoms with Crippen LogP contribution in [0.25, 0.3) is 11.6 Å². The molecule has 0 spiro atoms. The SMILES string of the molecule is Nc1c(Cl)nc(-c2ccco2)nc1Cl. The van der Waals surface area contributed by atoms with Crippen molar-refractivity contribution in [3.05, 3.63) is 28.7 Å². The molecule has 0 radical (unpaired) electrons. The number of rotatable bonds is 1. The van der Waals surface area contributed by atoms with Gasteiger partial charge in [0.05, 0.1) is 6.26 Å². The van der Waals surface area contributed by atoms with Gasteiger partial charge in [-0.1, -0.05) is 23.2 Å². The van der Waals surface area contributed by atoms with Crippen molar-refractivity contribution in [2.45, 2.75) is 0 Å². The summed E-state index contributed by atoms with van der Waals surface area (Å²) in [7, 11) is 0. The molecule has 14 heavy (non-hydrogen) atoms. The van der Waals surface area contributed by atoms with Gasteiger partial charge in [0.1, 0.15) is 5.69 Å². The summed E-state index contributed by atoms with van der Waals surface area (Å²) in [4.78, 5) is 7.85. The number of nitrogen functional groups attached to an aromatic ring is 1. The molecule has 0 saturated heterocycles. The van der Waals surface area contributed by atoms with Crippen molar-refractivity contribution in [1.29, 1.82) is 0 Å². The van der Waals surface area contributed by atoms with E-state index in [4.69, 9.17) is 33.4 Å². The lowest BCUT2D eigenvalue weighted by Gasteiger charge is -2.01. The monoisotopic (exact) mass is 229 g/mol. The molecule has 0 atom stereocenters. The lowest BCUT2D eigenvalue weighted by molar-refractivity contribution is 0.577. The second-order valence-corrected chi connectivity index (χ2v) is 3.24. The van der Waals surface area contributed by atoms with Gasteiger partial charge >= 0.3 is 0 Å². The van der Waals surface area contributed by atoms with Crippen LogP contribution >= 0.6 is 23.2 Å². The van der Waals surface area contributed by atoms with E-state index >= 15 is 0 Å². The van der Waals surface area contributed by atoms with Crippen LogP contribution in [-0.2, 0) is 0 Å². The zero-order valence-corrected chi connectivity index (χ0v) is 8.38. The molecule has 0 amide bonds. The summed E-state index contributed by atoms with van der Waals surface area (Å²) >= 11 is 11.5. The van der Waals surface area contributed by atoms with Gasteiger partial charge in [-0.25, -0.2) is 9.97 Å². The maximum absolute atomic E-state index is 5.73. The number of aromatic nitrogens is 2. The Labute approximate surface area is 89.7 Å². The van der Waals surface area contributed by atoms with Gasteiger partial charge in [0.25, 0.3) is 0 Å². The van der Waals surface area contributed by atoms with E-state index in [1.165, 1.54) is 6.26 Å². The van der Waals surface area contributed by atoms with Gasteiger partial charge in [-0.2, -0.15) is 0 Å². The van der Waals surface area contributed by atoms with Crippen LogP contribution in [0.4, 0.5) is 5.69 Å². The van der Waals surface area contributed by atoms with E-state index in [2.05, 4.69) is 9.97 Å². The predicted octanol–water partition coefficient (Wildman–Crippen LogP) is 2.63. The molecule has 0 aliphatic carbocycles. The van der Waals surface area contributed by atoms with Gasteiger partial charge in [-0.3, -0.25) is 0 Å². The van der Waals surface area contributed by atoms with Gasteiger partial charge in [0.2, 0.25) is 0 Å². The van der Waals surface area contributed by atoms with Gasteiger partial charge in [-0.15, -0.1) is 0 Å². The molecule has 2 N–H and O–H groups in total. The van der Waals surface area contributed by atoms with Gasteiger partial charge in [0, 0.05) is 0 Å². The standard InChI is InChI=1S/C8H5Cl2N3O/c9-6-5(11)7(10)13-8(12-6)4-2-1-3-14-4/h1-3H,11H2. The first-order valence-corrected chi connectivity index (χ1v) is 4.46. The van der Waals surface area contributed by atoms with Crippen molar-refractivity contribution >= 4 is 28.9 Å². The zero-order chi connectivity index (χ0) is 10.1. The molecular weight excluding hydrogens is 225 g/mol. The van der Waals surface area contributed by atoms with Crippen molar-refractivity contribution < 1.29 is 4.42 Å². The summed E-state index contributed by atoms with van der Waals surface area (Å²) in [5.41, 5.74) is 5.65. The topological polar surface area (TPSA) is 64.9 Å². The zero-order valence-electron chi connectivity index (χ0n) is 6.87. The molecule has 0 bridgehead atoms. The van der Waals surface area contributed by atoms with Crippen LogP contribution in [0.2, 0.25) is 10.3 Å². The number of furan rings is 1. The van der Waals surface area contributed by atoms with Gasteiger partial charge < -0.3 is 10.2 Å². The fourth-order valence-corrected chi connectivity index (χ4v) is 1.32. The lowest BCUT2D eigenvalue weighted by atomic mass is 10.4. The number of hydrogen-bond donors (Lipinski definition) is 1. The summed E-state index contributed by atoms with van der Waals surface area (Å²) < 4.78 is 5.09. The molecule has 0 saturated carbocycles. The summed E-state index contributed by atoms with van der Waals surface area (Å²) in [5.74, 6) is 0.813. The minimum Gasteiger partial charge on any atom is -0.461 e. The number of anilines is 1. The van der Waals surface area contributed by atoms with E-state index in [0.717, 1.165) is 0 Å². The Morgan fingerprint density at radius 1 is 1.21 bits per heavy atom. The van der Waals surface area contributed by atoms with E-state index in [1.807, 2.05) is 0 Å². The maximum Gasteiger partial charge on any atom is 0.198 e. The molecule has 2 rings (SSSR count). The molecule has 2 aromatic heterocycles. The quantitative estimate of drug-likeness (QED) is 0.764. The summed E-state index contributed by atoms with van der Waals surface area (Å²) in [5, 5.41) is 0.243. The van der Waals surface area contributed by atoms with E-state index in [0.29, 0.717) is 11.6 Å². The van der Waals surface area contributed by atoms with Crippen LogP contribution in [0.15, 0.2) is 22.8 Å². The lowest BCUT2D eigenvalue weighted by Crippen LogP contribution is -1.96. The van der Waals surface area contributed by atoms with Crippen molar-refractivity contribution in [1.82, 2.24) is 9.97 Å². The second-order valence-electron chi connectivity index (χ2n) is 2.52. The third-order valence-corrected chi connectivity index (χ3v) is 2.17. The van der Waals surface area contributed by atoms with E-state index in [1.54, 1.807) is 12.1 Å². The van der Waals surface area contributed by atoms with E-state index in [-0.39, 0.29) is 16.0 Å². The number of nitrogens with two attached hydrogens (primary N) is 1. The summed E-state index contributed by atoms with van der Waals surface area (Å²) in [6.45, 7) is 0. The highest BCUT2D eigenvalue weighted by molar-refractivity contribution is 6.37. The Hall–Kier alpha value is -1.26. The molecule has 6 heteroatoms. The molecule has 0 fully saturated rings. The van der Waals surface area contributed by atoms with Crippen molar-refractivity contribution in [3.8, 4) is 11.6 Å². The Morgan fingerprint density at radius 2 is 1.86 bits per heavy atom. The molecule has 0 aliphatic heterocycles. The van der Waals surface area contributed by atoms with Crippen LogP contribution in [0.5, 0.6) is 0 Å². The smallest absolute Gasteiger partial charge is 0.198 e. The van der Waals surface area contributed by atoms with Crippen molar-refractivity contribution in [2.24, 2.45) is 0 Å². The molecule has 0 aliphatic rings. The van der Waals surface area contributed by atoms with Gasteiger partial charge in [-0.05, 0) is 12.1 Å². The largest absolute Gasteiger partial charge is 0.461 e. The first kappa shape index (κ1) is 9.30. The third kappa shape index (κ3) is 1.54. The fourth-order valence-electron chi connectivity index (χ4n) is 0.933. The summed E-state index contributed by atoms with van der Waals surface area (Å²) in [6, 6.07) is 3.43. The Bertz CT molecular complexity index is 433. The van der Waals surface area contributed by atoms with Gasteiger partial charge in [0.15, 0.2) is 21.9 Å². The van der Waals surface area contributed by atoms with Crippen LogP contribution < -0.4 is 5.73 Å². The molecule has 4 nitrogen and oxygen atoms in total. The fraction of sp³-hybridized carbons (Fsp3) is 0. The number of nitrogens with zero attached hydrogens (tertiary/aromatic N) is 2. The first-order chi connectivity index (χ1) is 6.68. The van der Waals surface area contributed by atoms with Crippen molar-refractivity contribution in [2.75, 3.05) is 5.73 Å². The molecule has 0 aromatic carbocycles. The Balaban J connectivity index is 2.57. The average Bonchev–Trinajstić information content (AvgIpc) is 2.66. The Kier molecular flexibility index (Phi) is 2.31. The molecule has 2 heterocycles. The predicted molar refractivity (Wildman–Crippen MR) is 54.2 cm³/mol. The minimum absolute atomic E-state index is 0.122. The average molecular weight is 230 g/mol. The Morgan fingerprint density at radius 3 is 2.36 bits per heavy atom. The highest BCUT2D eigenvalue weighted by Gasteiger charge is 2.11. The molecule has 0 unspecified atom stereocenters. The summed E-state index contributed by atoms with van der Waals surface area (Å²) in [6.07, 6.45) is 1.51. The second kappa shape index (κ2) is 3.48. The third-order valence-electron chi connectivity index (χ3n) is 1.59. The normalized spacial score (nSPS) is 10.4. The van der Waals surface area contributed by atoms with E-state index < -0.39 is 0 Å².